The van der Waals surface area contributed by atoms with E-state index >= 15 is 0 Å². The van der Waals surface area contributed by atoms with Crippen molar-refractivity contribution in [1.82, 2.24) is 9.62 Å². The normalized spacial score (nSPS) is 19.1. The molecule has 0 saturated carbocycles. The molecule has 1 fully saturated rings. The van der Waals surface area contributed by atoms with E-state index in [4.69, 9.17) is 9.47 Å². The average Bonchev–Trinajstić information content (AvgIpc) is 2.68. The lowest BCUT2D eigenvalue weighted by Crippen LogP contribution is -2.61. The highest BCUT2D eigenvalue weighted by Crippen LogP contribution is 2.34. The molecule has 2 aromatic carbocycles. The van der Waals surface area contributed by atoms with Gasteiger partial charge in [-0.3, -0.25) is 4.79 Å². The summed E-state index contributed by atoms with van der Waals surface area (Å²) in [6.45, 7) is 0.521. The SMILES string of the molecule is COc1ccc(S(=O)(=O)N2CCC3(CC2)NC(=O)c2ccccc2O3)cc1. The van der Waals surface area contributed by atoms with E-state index in [0.717, 1.165) is 0 Å². The molecule has 2 heterocycles. The Morgan fingerprint density at radius 1 is 1.07 bits per heavy atom. The summed E-state index contributed by atoms with van der Waals surface area (Å²) in [5, 5.41) is 2.92. The molecule has 1 amide bonds. The van der Waals surface area contributed by atoms with Gasteiger partial charge in [-0.1, -0.05) is 12.1 Å². The fourth-order valence-corrected chi connectivity index (χ4v) is 4.91. The standard InChI is InChI=1S/C19H20N2O5S/c1-25-14-6-8-15(9-7-14)27(23,24)21-12-10-19(11-13-21)20-18(22)16-4-2-3-5-17(16)26-19/h2-9H,10-13H2,1H3,(H,20,22). The third kappa shape index (κ3) is 3.15. The molecule has 0 bridgehead atoms. The van der Waals surface area contributed by atoms with Gasteiger partial charge in [0.15, 0.2) is 5.72 Å². The van der Waals surface area contributed by atoms with Crippen LogP contribution in [-0.4, -0.2) is 44.6 Å². The number of nitrogens with one attached hydrogen (secondary N) is 1. The number of fused-ring (bicyclic) bond motifs is 1. The van der Waals surface area contributed by atoms with E-state index in [-0.39, 0.29) is 23.9 Å². The number of piperidine rings is 1. The molecule has 0 unspecified atom stereocenters. The van der Waals surface area contributed by atoms with Gasteiger partial charge < -0.3 is 14.8 Å². The van der Waals surface area contributed by atoms with Crippen molar-refractivity contribution in [2.45, 2.75) is 23.5 Å². The van der Waals surface area contributed by atoms with Crippen LogP contribution in [0.3, 0.4) is 0 Å². The van der Waals surface area contributed by atoms with Crippen LogP contribution in [0.5, 0.6) is 11.5 Å². The number of hydrogen-bond acceptors (Lipinski definition) is 5. The minimum Gasteiger partial charge on any atom is -0.497 e. The van der Waals surface area contributed by atoms with Crippen LogP contribution in [0, 0.1) is 0 Å². The first-order chi connectivity index (χ1) is 12.9. The Kier molecular flexibility index (Phi) is 4.32. The van der Waals surface area contributed by atoms with Crippen molar-refractivity contribution in [2.24, 2.45) is 0 Å². The van der Waals surface area contributed by atoms with E-state index in [9.17, 15) is 13.2 Å². The van der Waals surface area contributed by atoms with Gasteiger partial charge in [-0.2, -0.15) is 4.31 Å². The molecule has 1 saturated heterocycles. The number of ether oxygens (including phenoxy) is 2. The van der Waals surface area contributed by atoms with Crippen molar-refractivity contribution < 1.29 is 22.7 Å². The van der Waals surface area contributed by atoms with Gasteiger partial charge in [0.1, 0.15) is 11.5 Å². The van der Waals surface area contributed by atoms with Gasteiger partial charge in [0, 0.05) is 25.9 Å². The summed E-state index contributed by atoms with van der Waals surface area (Å²) < 4.78 is 38.3. The Morgan fingerprint density at radius 3 is 2.41 bits per heavy atom. The summed E-state index contributed by atoms with van der Waals surface area (Å²) in [4.78, 5) is 12.6. The van der Waals surface area contributed by atoms with Gasteiger partial charge in [-0.05, 0) is 36.4 Å². The molecular weight excluding hydrogens is 368 g/mol. The van der Waals surface area contributed by atoms with Crippen LogP contribution in [0.25, 0.3) is 0 Å². The highest BCUT2D eigenvalue weighted by molar-refractivity contribution is 7.89. The van der Waals surface area contributed by atoms with Gasteiger partial charge in [-0.15, -0.1) is 0 Å². The number of rotatable bonds is 3. The number of carbonyl (C=O) groups is 1. The Morgan fingerprint density at radius 2 is 1.74 bits per heavy atom. The molecule has 0 atom stereocenters. The maximum atomic E-state index is 12.9. The fourth-order valence-electron chi connectivity index (χ4n) is 3.47. The number of nitrogens with zero attached hydrogens (tertiary/aromatic N) is 1. The zero-order valence-corrected chi connectivity index (χ0v) is 15.7. The Labute approximate surface area is 157 Å². The maximum Gasteiger partial charge on any atom is 0.258 e. The van der Waals surface area contributed by atoms with Gasteiger partial charge in [0.25, 0.3) is 5.91 Å². The summed E-state index contributed by atoms with van der Waals surface area (Å²) >= 11 is 0. The predicted molar refractivity (Wildman–Crippen MR) is 98.3 cm³/mol. The highest BCUT2D eigenvalue weighted by Gasteiger charge is 2.44. The molecule has 7 nitrogen and oxygen atoms in total. The van der Waals surface area contributed by atoms with E-state index in [0.29, 0.717) is 29.9 Å². The molecule has 2 aliphatic heterocycles. The third-order valence-electron chi connectivity index (χ3n) is 5.01. The van der Waals surface area contributed by atoms with Crippen LogP contribution < -0.4 is 14.8 Å². The van der Waals surface area contributed by atoms with Crippen molar-refractivity contribution in [3.8, 4) is 11.5 Å². The molecule has 4 rings (SSSR count). The summed E-state index contributed by atoms with van der Waals surface area (Å²) in [5.41, 5.74) is -0.367. The molecular formula is C19H20N2O5S. The summed E-state index contributed by atoms with van der Waals surface area (Å²) in [5.74, 6) is 0.944. The smallest absolute Gasteiger partial charge is 0.258 e. The molecule has 1 N–H and O–H groups in total. The van der Waals surface area contributed by atoms with Crippen molar-refractivity contribution in [1.29, 1.82) is 0 Å². The summed E-state index contributed by atoms with van der Waals surface area (Å²) in [6.07, 6.45) is 0.755. The van der Waals surface area contributed by atoms with Crippen molar-refractivity contribution in [2.75, 3.05) is 20.2 Å². The topological polar surface area (TPSA) is 84.9 Å². The largest absolute Gasteiger partial charge is 0.497 e. The second kappa shape index (κ2) is 6.54. The minimum atomic E-state index is -3.61. The lowest BCUT2D eigenvalue weighted by atomic mass is 9.98. The lowest BCUT2D eigenvalue weighted by molar-refractivity contribution is -0.0155. The molecule has 27 heavy (non-hydrogen) atoms. The van der Waals surface area contributed by atoms with Crippen molar-refractivity contribution in [3.05, 3.63) is 54.1 Å². The molecule has 142 valence electrons. The predicted octanol–water partition coefficient (Wildman–Crippen LogP) is 2.00. The summed E-state index contributed by atoms with van der Waals surface area (Å²) in [6, 6.07) is 13.4. The van der Waals surface area contributed by atoms with E-state index in [2.05, 4.69) is 5.32 Å². The van der Waals surface area contributed by atoms with Gasteiger partial charge in [0.2, 0.25) is 10.0 Å². The zero-order valence-electron chi connectivity index (χ0n) is 14.8. The number of carbonyl (C=O) groups excluding carboxylic acids is 1. The van der Waals surface area contributed by atoms with Crippen LogP contribution >= 0.6 is 0 Å². The second-order valence-electron chi connectivity index (χ2n) is 6.63. The number of sulfonamides is 1. The lowest BCUT2D eigenvalue weighted by Gasteiger charge is -2.44. The Balaban J connectivity index is 1.51. The number of para-hydroxylation sites is 1. The van der Waals surface area contributed by atoms with Crippen LogP contribution in [-0.2, 0) is 10.0 Å². The van der Waals surface area contributed by atoms with E-state index < -0.39 is 15.7 Å². The number of benzene rings is 2. The minimum absolute atomic E-state index is 0.191. The van der Waals surface area contributed by atoms with Crippen molar-refractivity contribution in [3.63, 3.8) is 0 Å². The van der Waals surface area contributed by atoms with E-state index in [1.54, 1.807) is 30.3 Å². The molecule has 0 aromatic heterocycles. The highest BCUT2D eigenvalue weighted by atomic mass is 32.2. The molecule has 1 spiro atoms. The Hall–Kier alpha value is -2.58. The first-order valence-electron chi connectivity index (χ1n) is 8.68. The number of amides is 1. The first kappa shape index (κ1) is 17.8. The third-order valence-corrected chi connectivity index (χ3v) is 6.92. The number of methoxy groups -OCH3 is 1. The van der Waals surface area contributed by atoms with Gasteiger partial charge in [-0.25, -0.2) is 8.42 Å². The van der Waals surface area contributed by atoms with Crippen molar-refractivity contribution >= 4 is 15.9 Å². The quantitative estimate of drug-likeness (QED) is 0.869. The maximum absolute atomic E-state index is 12.9. The second-order valence-corrected chi connectivity index (χ2v) is 8.56. The molecule has 2 aliphatic rings. The summed E-state index contributed by atoms with van der Waals surface area (Å²) in [7, 11) is -2.07. The first-order valence-corrected chi connectivity index (χ1v) is 10.1. The molecule has 0 aliphatic carbocycles. The van der Waals surface area contributed by atoms with Crippen LogP contribution in [0.1, 0.15) is 23.2 Å². The van der Waals surface area contributed by atoms with Gasteiger partial charge >= 0.3 is 0 Å². The van der Waals surface area contributed by atoms with Crippen LogP contribution in [0.15, 0.2) is 53.4 Å². The van der Waals surface area contributed by atoms with Crippen LogP contribution in [0.4, 0.5) is 0 Å². The molecule has 0 radical (unpaired) electrons. The Bertz CT molecular complexity index is 964. The van der Waals surface area contributed by atoms with Crippen LogP contribution in [0.2, 0.25) is 0 Å². The average molecular weight is 388 g/mol. The zero-order chi connectivity index (χ0) is 19.1. The van der Waals surface area contributed by atoms with Gasteiger partial charge in [0.05, 0.1) is 17.6 Å². The fraction of sp³-hybridized carbons (Fsp3) is 0.316. The molecule has 2 aromatic rings. The monoisotopic (exact) mass is 388 g/mol. The van der Waals surface area contributed by atoms with E-state index in [1.807, 2.05) is 6.07 Å². The molecule has 8 heteroatoms. The number of hydrogen-bond donors (Lipinski definition) is 1. The van der Waals surface area contributed by atoms with E-state index in [1.165, 1.54) is 23.5 Å².